The SMILES string of the molecule is NCCCCCN(CCCCNC(=S)NCCSCCCCOC1[C@@H](O[C@@H]2OC(CN)[C@@H](O)CC2N)C(N)C[C@@H](N)[C@H]1O)CCCNC(=S)NCCSCCCCCO[C@@H]1C(O)[C@H](N)CC(N)[C@@H]1O[C@@H]1OC(CN)[C@@H](O)CC1N. The van der Waals surface area contributed by atoms with E-state index in [1.807, 2.05) is 23.5 Å². The van der Waals surface area contributed by atoms with Crippen LogP contribution in [0.4, 0.5) is 0 Å². The Morgan fingerprint density at radius 2 is 0.886 bits per heavy atom. The quantitative estimate of drug-likeness (QED) is 0.0213. The molecular weight excluding hydrogens is 1100 g/mol. The molecule has 0 spiro atoms. The first-order valence-corrected chi connectivity index (χ1v) is 32.3. The predicted octanol–water partition coefficient (Wildman–Crippen LogP) is -3.16. The van der Waals surface area contributed by atoms with Gasteiger partial charge in [-0.05, 0) is 146 Å². The van der Waals surface area contributed by atoms with Gasteiger partial charge in [0.1, 0.15) is 24.4 Å². The number of nitrogens with zero attached hydrogens (tertiary/aromatic N) is 1. The van der Waals surface area contributed by atoms with Gasteiger partial charge in [-0.3, -0.25) is 0 Å². The number of unbranched alkanes of at least 4 members (excludes halogenated alkanes) is 6. The van der Waals surface area contributed by atoms with Crippen LogP contribution in [0, 0.1) is 0 Å². The summed E-state index contributed by atoms with van der Waals surface area (Å²) in [6.45, 7) is 8.09. The fourth-order valence-electron chi connectivity index (χ4n) is 10.3. The highest BCUT2D eigenvalue weighted by atomic mass is 32.2. The minimum atomic E-state index is -0.954. The van der Waals surface area contributed by atoms with Crippen molar-refractivity contribution in [3.05, 3.63) is 0 Å². The average Bonchev–Trinajstić information content (AvgIpc) is 3.49. The van der Waals surface area contributed by atoms with Crippen LogP contribution >= 0.6 is 48.0 Å². The van der Waals surface area contributed by atoms with Gasteiger partial charge < -0.3 is 127 Å². The molecule has 24 nitrogen and oxygen atoms in total. The molecule has 4 rings (SSSR count). The zero-order valence-corrected chi connectivity index (χ0v) is 50.1. The fourth-order valence-corrected chi connectivity index (χ4v) is 12.4. The zero-order chi connectivity index (χ0) is 57.5. The van der Waals surface area contributed by atoms with Crippen LogP contribution in [0.3, 0.4) is 0 Å². The van der Waals surface area contributed by atoms with Crippen LogP contribution in [-0.4, -0.2) is 247 Å². The van der Waals surface area contributed by atoms with Gasteiger partial charge in [0.15, 0.2) is 22.8 Å². The molecule has 0 aromatic rings. The lowest BCUT2D eigenvalue weighted by Crippen LogP contribution is -2.65. The Balaban J connectivity index is 0.975. The number of nitrogens with two attached hydrogens (primary N) is 9. The first kappa shape index (κ1) is 70.8. The highest BCUT2D eigenvalue weighted by Crippen LogP contribution is 2.30. The van der Waals surface area contributed by atoms with Crippen LogP contribution in [0.25, 0.3) is 0 Å². The summed E-state index contributed by atoms with van der Waals surface area (Å²) in [4.78, 5) is 2.55. The van der Waals surface area contributed by atoms with E-state index in [0.717, 1.165) is 146 Å². The third-order valence-corrected chi connectivity index (χ3v) is 17.7. The Morgan fingerprint density at radius 1 is 0.468 bits per heavy atom. The van der Waals surface area contributed by atoms with Crippen molar-refractivity contribution in [2.75, 3.05) is 102 Å². The lowest BCUT2D eigenvalue weighted by atomic mass is 9.84. The van der Waals surface area contributed by atoms with Crippen LogP contribution in [-0.2, 0) is 28.4 Å². The lowest BCUT2D eigenvalue weighted by Gasteiger charge is -2.45. The Bertz CT molecular complexity index is 1630. The molecule has 2 saturated heterocycles. The minimum Gasteiger partial charge on any atom is -0.390 e. The molecule has 0 radical (unpaired) electrons. The molecule has 0 aromatic carbocycles. The number of nitrogens with one attached hydrogen (secondary N) is 4. The second-order valence-corrected chi connectivity index (χ2v) is 24.8. The monoisotopic (exact) mass is 1200 g/mol. The first-order chi connectivity index (χ1) is 38.1. The summed E-state index contributed by atoms with van der Waals surface area (Å²) < 4.78 is 36.4. The molecule has 0 bridgehead atoms. The molecule has 79 heavy (non-hydrogen) atoms. The summed E-state index contributed by atoms with van der Waals surface area (Å²) in [6.07, 6.45) is 3.11. The third kappa shape index (κ3) is 26.2. The normalized spacial score (nSPS) is 33.2. The number of aliphatic hydroxyl groups excluding tert-OH is 4. The summed E-state index contributed by atoms with van der Waals surface area (Å²) in [5.41, 5.74) is 55.1. The molecular formula is C51H106N14O10S4. The van der Waals surface area contributed by atoms with Crippen molar-refractivity contribution in [1.29, 1.82) is 0 Å². The van der Waals surface area contributed by atoms with Crippen molar-refractivity contribution < 1.29 is 48.8 Å². The van der Waals surface area contributed by atoms with Gasteiger partial charge in [-0.25, -0.2) is 0 Å². The summed E-state index contributed by atoms with van der Waals surface area (Å²) in [6, 6.07) is -3.19. The maximum atomic E-state index is 10.9. The van der Waals surface area contributed by atoms with Gasteiger partial charge >= 0.3 is 0 Å². The molecule has 464 valence electrons. The number of aliphatic hydroxyl groups is 4. The molecule has 2 heterocycles. The number of ether oxygens (including phenoxy) is 6. The summed E-state index contributed by atoms with van der Waals surface area (Å²) >= 11 is 14.9. The van der Waals surface area contributed by atoms with E-state index in [2.05, 4.69) is 26.2 Å². The maximum absolute atomic E-state index is 10.9. The largest absolute Gasteiger partial charge is 0.390 e. The van der Waals surface area contributed by atoms with E-state index in [4.69, 9.17) is 104 Å². The van der Waals surface area contributed by atoms with Gasteiger partial charge in [0.25, 0.3) is 0 Å². The van der Waals surface area contributed by atoms with E-state index in [1.54, 1.807) is 0 Å². The van der Waals surface area contributed by atoms with Crippen molar-refractivity contribution in [1.82, 2.24) is 26.2 Å². The van der Waals surface area contributed by atoms with Crippen molar-refractivity contribution in [2.45, 2.75) is 206 Å². The Hall–Kier alpha value is -0.720. The predicted molar refractivity (Wildman–Crippen MR) is 323 cm³/mol. The smallest absolute Gasteiger partial charge is 0.173 e. The Kier molecular flexibility index (Phi) is 36.3. The topological polar surface area (TPSA) is 422 Å². The van der Waals surface area contributed by atoms with Crippen molar-refractivity contribution in [3.63, 3.8) is 0 Å². The van der Waals surface area contributed by atoms with Gasteiger partial charge in [-0.2, -0.15) is 23.5 Å². The molecule has 8 unspecified atom stereocenters. The van der Waals surface area contributed by atoms with Crippen LogP contribution in [0.15, 0.2) is 0 Å². The molecule has 28 heteroatoms. The average molecular weight is 1200 g/mol. The van der Waals surface area contributed by atoms with Crippen molar-refractivity contribution in [3.8, 4) is 0 Å². The number of thiocarbonyl (C=S) groups is 2. The molecule has 2 saturated carbocycles. The number of hydrogen-bond acceptors (Lipinski definition) is 24. The van der Waals surface area contributed by atoms with E-state index < -0.39 is 110 Å². The molecule has 2 aliphatic heterocycles. The molecule has 26 N–H and O–H groups in total. The zero-order valence-electron chi connectivity index (χ0n) is 46.8. The second kappa shape index (κ2) is 40.6. The molecule has 4 fully saturated rings. The van der Waals surface area contributed by atoms with Gasteiger partial charge in [-0.1, -0.05) is 12.8 Å². The molecule has 18 atom stereocenters. The number of hydrogen-bond donors (Lipinski definition) is 17. The standard InChI is InChI=1S/C51H106N14O10S4/c52-12-3-1-5-17-65(18-6-4-13-61-50(76)63-16-25-79-23-10-8-21-71-47-43(69)33(56)27-35(58)45(47)75-49-37(60)29-39(67)41(31-54)73-49)19-11-14-62-51(77)64-15-24-78-22-9-2-7-20-70-46-42(68)32(55)26-34(57)44(46)74-48-36(59)28-38(66)40(30-53)72-48/h32-49,66-69H,1-31,52-60H2,(H2,61,63,76)(H2,62,64,77)/t32-,33-,34?,35?,36?,37?,38+,39+,40?,41?,42?,43-,44+,45+,46-,47?,48+,49+/m1/s1. The molecule has 2 aliphatic carbocycles. The van der Waals surface area contributed by atoms with Crippen molar-refractivity contribution in [2.24, 2.45) is 51.6 Å². The third-order valence-electron chi connectivity index (χ3n) is 15.0. The molecule has 4 aliphatic rings. The Labute approximate surface area is 490 Å². The second-order valence-electron chi connectivity index (χ2n) is 21.6. The van der Waals surface area contributed by atoms with Gasteiger partial charge in [0, 0.05) is 88.2 Å². The van der Waals surface area contributed by atoms with Gasteiger partial charge in [0.2, 0.25) is 0 Å². The lowest BCUT2D eigenvalue weighted by molar-refractivity contribution is -0.272. The number of thioether (sulfide) groups is 2. The summed E-state index contributed by atoms with van der Waals surface area (Å²) in [7, 11) is 0. The van der Waals surface area contributed by atoms with Crippen molar-refractivity contribution >= 4 is 58.2 Å². The summed E-state index contributed by atoms with van der Waals surface area (Å²) in [5, 5.41) is 57.1. The van der Waals surface area contributed by atoms with Crippen LogP contribution in [0.2, 0.25) is 0 Å². The van der Waals surface area contributed by atoms with E-state index in [0.29, 0.717) is 36.3 Å². The highest BCUT2D eigenvalue weighted by Gasteiger charge is 2.48. The number of rotatable bonds is 39. The van der Waals surface area contributed by atoms with E-state index in [9.17, 15) is 20.4 Å². The molecule has 0 amide bonds. The van der Waals surface area contributed by atoms with Crippen LogP contribution in [0.1, 0.15) is 96.3 Å². The summed E-state index contributed by atoms with van der Waals surface area (Å²) in [5.74, 6) is 3.83. The first-order valence-electron chi connectivity index (χ1n) is 29.2. The minimum absolute atomic E-state index is 0.126. The van der Waals surface area contributed by atoms with Crippen LogP contribution < -0.4 is 72.9 Å². The van der Waals surface area contributed by atoms with Crippen LogP contribution in [0.5, 0.6) is 0 Å². The van der Waals surface area contributed by atoms with Gasteiger partial charge in [-0.15, -0.1) is 0 Å². The Morgan fingerprint density at radius 3 is 1.37 bits per heavy atom. The van der Waals surface area contributed by atoms with E-state index in [1.165, 1.54) is 0 Å². The van der Waals surface area contributed by atoms with E-state index in [-0.39, 0.29) is 25.9 Å². The maximum Gasteiger partial charge on any atom is 0.173 e. The molecule has 0 aromatic heterocycles. The van der Waals surface area contributed by atoms with E-state index >= 15 is 0 Å². The van der Waals surface area contributed by atoms with Gasteiger partial charge in [0.05, 0.1) is 48.7 Å². The fraction of sp³-hybridized carbons (Fsp3) is 0.961. The highest BCUT2D eigenvalue weighted by molar-refractivity contribution is 7.99.